The zero-order valence-electron chi connectivity index (χ0n) is 28.5. The lowest BCUT2D eigenvalue weighted by atomic mass is 10.0. The molecule has 0 saturated carbocycles. The van der Waals surface area contributed by atoms with E-state index in [9.17, 15) is 20.1 Å². The molecule has 1 amide bonds. The lowest BCUT2D eigenvalue weighted by molar-refractivity contribution is -0.131. The molecule has 44 heavy (non-hydrogen) atoms. The number of amides is 1. The molecule has 4 N–H and O–H groups in total. The van der Waals surface area contributed by atoms with Crippen LogP contribution in [0.2, 0.25) is 0 Å². The van der Waals surface area contributed by atoms with Crippen LogP contribution in [0.25, 0.3) is 0 Å². The van der Waals surface area contributed by atoms with Crippen molar-refractivity contribution in [3.8, 4) is 0 Å². The summed E-state index contributed by atoms with van der Waals surface area (Å²) in [5, 5.41) is 32.8. The Kier molecular flexibility index (Phi) is 32.4. The Hall–Kier alpha value is -1.95. The highest BCUT2D eigenvalue weighted by Crippen LogP contribution is 2.14. The highest BCUT2D eigenvalue weighted by molar-refractivity contribution is 5.80. The molecular formula is C39H69NO4. The molecule has 0 aliphatic heterocycles. The van der Waals surface area contributed by atoms with Gasteiger partial charge in [0, 0.05) is 0 Å². The van der Waals surface area contributed by atoms with Gasteiger partial charge in [0.25, 0.3) is 0 Å². The van der Waals surface area contributed by atoms with Crippen molar-refractivity contribution in [2.75, 3.05) is 6.61 Å². The van der Waals surface area contributed by atoms with Gasteiger partial charge in [-0.15, -0.1) is 0 Å². The summed E-state index contributed by atoms with van der Waals surface area (Å²) >= 11 is 0. The lowest BCUT2D eigenvalue weighted by Gasteiger charge is -2.21. The van der Waals surface area contributed by atoms with Crippen LogP contribution in [0.15, 0.2) is 60.8 Å². The van der Waals surface area contributed by atoms with Crippen molar-refractivity contribution < 1.29 is 20.1 Å². The number of aliphatic hydroxyl groups is 3. The quantitative estimate of drug-likeness (QED) is 0.0462. The van der Waals surface area contributed by atoms with Gasteiger partial charge in [-0.1, -0.05) is 152 Å². The fraction of sp³-hybridized carbons (Fsp3) is 0.718. The molecule has 5 heteroatoms. The predicted octanol–water partition coefficient (Wildman–Crippen LogP) is 9.59. The number of rotatable bonds is 31. The fourth-order valence-electron chi connectivity index (χ4n) is 5.02. The molecule has 0 spiro atoms. The number of unbranched alkanes of at least 4 members (excludes halogenated alkanes) is 15. The molecule has 0 radical (unpaired) electrons. The van der Waals surface area contributed by atoms with E-state index in [1.807, 2.05) is 6.08 Å². The topological polar surface area (TPSA) is 89.8 Å². The van der Waals surface area contributed by atoms with Crippen molar-refractivity contribution in [3.63, 3.8) is 0 Å². The molecule has 3 unspecified atom stereocenters. The van der Waals surface area contributed by atoms with Crippen LogP contribution in [0, 0.1) is 0 Å². The van der Waals surface area contributed by atoms with E-state index in [2.05, 4.69) is 67.8 Å². The Balaban J connectivity index is 3.72. The molecule has 0 aromatic rings. The minimum atomic E-state index is -1.11. The van der Waals surface area contributed by atoms with Crippen LogP contribution in [0.1, 0.15) is 155 Å². The summed E-state index contributed by atoms with van der Waals surface area (Å²) in [6.45, 7) is 3.92. The minimum absolute atomic E-state index is 0.384. The van der Waals surface area contributed by atoms with Gasteiger partial charge in [0.1, 0.15) is 6.10 Å². The first kappa shape index (κ1) is 42.0. The standard InChI is InChI=1S/C39H69NO4/c1-3-5-7-9-11-13-15-16-17-18-19-20-21-22-23-24-26-28-30-32-34-38(43)39(44)40-36(35-41)37(42)33-31-29-27-25-14-12-10-8-6-4-2/h5-8,11,13-14,25,31,33,36-38,41-43H,3-4,9-10,12,15-24,26-30,32,34-35H2,1-2H3,(H,40,44)/b7-5-,8-6+,13-11-,25-14+,33-31+. The van der Waals surface area contributed by atoms with Gasteiger partial charge in [0.05, 0.1) is 18.8 Å². The summed E-state index contributed by atoms with van der Waals surface area (Å²) in [5.74, 6) is -0.524. The van der Waals surface area contributed by atoms with E-state index in [0.29, 0.717) is 6.42 Å². The fourth-order valence-corrected chi connectivity index (χ4v) is 5.02. The molecule has 0 aliphatic carbocycles. The Morgan fingerprint density at radius 1 is 0.568 bits per heavy atom. The van der Waals surface area contributed by atoms with Crippen LogP contribution in [-0.2, 0) is 4.79 Å². The Morgan fingerprint density at radius 3 is 1.55 bits per heavy atom. The van der Waals surface area contributed by atoms with E-state index in [1.165, 1.54) is 70.6 Å². The summed E-state index contributed by atoms with van der Waals surface area (Å²) < 4.78 is 0. The number of carbonyl (C=O) groups is 1. The van der Waals surface area contributed by atoms with E-state index < -0.39 is 24.2 Å². The summed E-state index contributed by atoms with van der Waals surface area (Å²) in [4.78, 5) is 12.4. The third kappa shape index (κ3) is 28.8. The second kappa shape index (κ2) is 33.9. The Morgan fingerprint density at radius 2 is 1.00 bits per heavy atom. The molecule has 0 aromatic heterocycles. The van der Waals surface area contributed by atoms with Crippen molar-refractivity contribution in [3.05, 3.63) is 60.8 Å². The van der Waals surface area contributed by atoms with Gasteiger partial charge in [-0.3, -0.25) is 4.79 Å². The van der Waals surface area contributed by atoms with Crippen LogP contribution in [0.3, 0.4) is 0 Å². The lowest BCUT2D eigenvalue weighted by Crippen LogP contribution is -2.48. The SMILES string of the molecule is CC/C=C\C/C=C\CCCCCCCCCCCCCCCC(O)C(=O)NC(CO)C(O)/C=C/CC/C=C/CC/C=C/CC. The van der Waals surface area contributed by atoms with Gasteiger partial charge in [-0.25, -0.2) is 0 Å². The molecule has 0 saturated heterocycles. The highest BCUT2D eigenvalue weighted by atomic mass is 16.3. The van der Waals surface area contributed by atoms with Crippen molar-refractivity contribution in [1.82, 2.24) is 5.32 Å². The zero-order chi connectivity index (χ0) is 32.4. The number of carbonyl (C=O) groups excluding carboxylic acids is 1. The second-order valence-corrected chi connectivity index (χ2v) is 12.0. The van der Waals surface area contributed by atoms with Gasteiger partial charge >= 0.3 is 0 Å². The molecule has 0 bridgehead atoms. The molecule has 0 aromatic carbocycles. The number of hydrogen-bond acceptors (Lipinski definition) is 4. The smallest absolute Gasteiger partial charge is 0.249 e. The largest absolute Gasteiger partial charge is 0.394 e. The molecular weight excluding hydrogens is 546 g/mol. The molecule has 0 fully saturated rings. The molecule has 254 valence electrons. The first-order valence-corrected chi connectivity index (χ1v) is 18.1. The molecule has 3 atom stereocenters. The van der Waals surface area contributed by atoms with Crippen LogP contribution in [0.5, 0.6) is 0 Å². The van der Waals surface area contributed by atoms with Crippen LogP contribution >= 0.6 is 0 Å². The molecule has 0 aliphatic rings. The number of nitrogens with one attached hydrogen (secondary N) is 1. The number of aliphatic hydroxyl groups excluding tert-OH is 3. The third-order valence-electron chi connectivity index (χ3n) is 7.83. The molecule has 0 heterocycles. The van der Waals surface area contributed by atoms with Crippen LogP contribution < -0.4 is 5.32 Å². The Labute approximate surface area is 271 Å². The average molecular weight is 616 g/mol. The Bertz CT molecular complexity index is 770. The van der Waals surface area contributed by atoms with Crippen molar-refractivity contribution in [2.24, 2.45) is 0 Å². The summed E-state index contributed by atoms with van der Waals surface area (Å²) in [6.07, 6.45) is 43.9. The monoisotopic (exact) mass is 616 g/mol. The predicted molar refractivity (Wildman–Crippen MR) is 190 cm³/mol. The maximum absolute atomic E-state index is 12.4. The van der Waals surface area contributed by atoms with E-state index in [0.717, 1.165) is 64.2 Å². The van der Waals surface area contributed by atoms with Gasteiger partial charge in [0.2, 0.25) is 5.91 Å². The normalized spacial score (nSPS) is 14.6. The van der Waals surface area contributed by atoms with E-state index in [1.54, 1.807) is 6.08 Å². The first-order chi connectivity index (χ1) is 21.6. The maximum atomic E-state index is 12.4. The van der Waals surface area contributed by atoms with Crippen LogP contribution in [0.4, 0.5) is 0 Å². The van der Waals surface area contributed by atoms with Gasteiger partial charge in [0.15, 0.2) is 0 Å². The third-order valence-corrected chi connectivity index (χ3v) is 7.83. The van der Waals surface area contributed by atoms with Gasteiger partial charge in [-0.2, -0.15) is 0 Å². The molecule has 0 rings (SSSR count). The van der Waals surface area contributed by atoms with Crippen molar-refractivity contribution >= 4 is 5.91 Å². The van der Waals surface area contributed by atoms with E-state index in [-0.39, 0.29) is 6.61 Å². The zero-order valence-corrected chi connectivity index (χ0v) is 28.5. The van der Waals surface area contributed by atoms with Gasteiger partial charge < -0.3 is 20.6 Å². The maximum Gasteiger partial charge on any atom is 0.249 e. The van der Waals surface area contributed by atoms with Gasteiger partial charge in [-0.05, 0) is 64.2 Å². The first-order valence-electron chi connectivity index (χ1n) is 18.1. The average Bonchev–Trinajstić information content (AvgIpc) is 3.03. The van der Waals surface area contributed by atoms with E-state index in [4.69, 9.17) is 0 Å². The van der Waals surface area contributed by atoms with Crippen molar-refractivity contribution in [2.45, 2.75) is 173 Å². The summed E-state index contributed by atoms with van der Waals surface area (Å²) in [6, 6.07) is -0.820. The highest BCUT2D eigenvalue weighted by Gasteiger charge is 2.22. The van der Waals surface area contributed by atoms with E-state index >= 15 is 0 Å². The summed E-state index contributed by atoms with van der Waals surface area (Å²) in [7, 11) is 0. The minimum Gasteiger partial charge on any atom is -0.394 e. The second-order valence-electron chi connectivity index (χ2n) is 12.0. The number of hydrogen-bond donors (Lipinski definition) is 4. The molecule has 5 nitrogen and oxygen atoms in total. The van der Waals surface area contributed by atoms with Crippen molar-refractivity contribution in [1.29, 1.82) is 0 Å². The number of allylic oxidation sites excluding steroid dienone is 9. The summed E-state index contributed by atoms with van der Waals surface area (Å²) in [5.41, 5.74) is 0. The van der Waals surface area contributed by atoms with Crippen LogP contribution in [-0.4, -0.2) is 46.1 Å².